The molecule has 0 saturated heterocycles. The Morgan fingerprint density at radius 3 is 2.14 bits per heavy atom. The maximum atomic E-state index is 13.0. The van der Waals surface area contributed by atoms with Crippen LogP contribution in [0.5, 0.6) is 0 Å². The molecule has 22 heavy (non-hydrogen) atoms. The fourth-order valence-electron chi connectivity index (χ4n) is 1.94. The van der Waals surface area contributed by atoms with Gasteiger partial charge in [-0.15, -0.1) is 0 Å². The second-order valence-electron chi connectivity index (χ2n) is 5.01. The standard InChI is InChI=1S/C18H18F2N2/c1-2-3-4-14-5-7-15(8-6-14)12-21-22-13-16-9-10-17(19)18(20)11-16/h5-13H,2-4H2,1H3. The summed E-state index contributed by atoms with van der Waals surface area (Å²) in [5, 5.41) is 7.74. The van der Waals surface area contributed by atoms with Gasteiger partial charge in [0.15, 0.2) is 11.6 Å². The van der Waals surface area contributed by atoms with Crippen LogP contribution < -0.4 is 0 Å². The monoisotopic (exact) mass is 300 g/mol. The summed E-state index contributed by atoms with van der Waals surface area (Å²) in [6, 6.07) is 11.7. The Hall–Kier alpha value is -2.36. The average molecular weight is 300 g/mol. The molecule has 0 spiro atoms. The van der Waals surface area contributed by atoms with E-state index in [-0.39, 0.29) is 0 Å². The fraction of sp³-hybridized carbons (Fsp3) is 0.222. The second kappa shape index (κ2) is 8.17. The van der Waals surface area contributed by atoms with Crippen LogP contribution in [0.15, 0.2) is 52.7 Å². The molecule has 0 N–H and O–H groups in total. The summed E-state index contributed by atoms with van der Waals surface area (Å²) >= 11 is 0. The molecule has 0 saturated carbocycles. The fourth-order valence-corrected chi connectivity index (χ4v) is 1.94. The Morgan fingerprint density at radius 1 is 0.864 bits per heavy atom. The van der Waals surface area contributed by atoms with Gasteiger partial charge in [0, 0.05) is 0 Å². The Labute approximate surface area is 129 Å². The van der Waals surface area contributed by atoms with Crippen LogP contribution in [0, 0.1) is 11.6 Å². The molecular formula is C18H18F2N2. The Kier molecular flexibility index (Phi) is 5.95. The number of aryl methyl sites for hydroxylation is 1. The lowest BCUT2D eigenvalue weighted by Gasteiger charge is -1.99. The zero-order valence-corrected chi connectivity index (χ0v) is 12.5. The quantitative estimate of drug-likeness (QED) is 0.543. The predicted molar refractivity (Wildman–Crippen MR) is 86.6 cm³/mol. The van der Waals surface area contributed by atoms with E-state index in [1.54, 1.807) is 6.21 Å². The minimum atomic E-state index is -0.893. The van der Waals surface area contributed by atoms with Gasteiger partial charge >= 0.3 is 0 Å². The van der Waals surface area contributed by atoms with Crippen molar-refractivity contribution < 1.29 is 8.78 Å². The van der Waals surface area contributed by atoms with Crippen LogP contribution in [-0.2, 0) is 6.42 Å². The van der Waals surface area contributed by atoms with Crippen LogP contribution in [0.25, 0.3) is 0 Å². The van der Waals surface area contributed by atoms with E-state index in [0.29, 0.717) is 5.56 Å². The Morgan fingerprint density at radius 2 is 1.50 bits per heavy atom. The van der Waals surface area contributed by atoms with Crippen molar-refractivity contribution in [2.45, 2.75) is 26.2 Å². The first-order valence-corrected chi connectivity index (χ1v) is 7.29. The number of hydrogen-bond acceptors (Lipinski definition) is 2. The molecule has 0 amide bonds. The maximum Gasteiger partial charge on any atom is 0.159 e. The van der Waals surface area contributed by atoms with Gasteiger partial charge in [-0.25, -0.2) is 8.78 Å². The highest BCUT2D eigenvalue weighted by Gasteiger charge is 2.00. The SMILES string of the molecule is CCCCc1ccc(C=NN=Cc2ccc(F)c(F)c2)cc1. The predicted octanol–water partition coefficient (Wildman–Crippen LogP) is 4.76. The van der Waals surface area contributed by atoms with E-state index in [0.717, 1.165) is 24.1 Å². The first-order valence-electron chi connectivity index (χ1n) is 7.29. The summed E-state index contributed by atoms with van der Waals surface area (Å²) in [4.78, 5) is 0. The average Bonchev–Trinajstić information content (AvgIpc) is 2.54. The highest BCUT2D eigenvalue weighted by Crippen LogP contribution is 2.08. The van der Waals surface area contributed by atoms with Gasteiger partial charge in [-0.1, -0.05) is 43.7 Å². The molecule has 0 aliphatic heterocycles. The molecule has 0 radical (unpaired) electrons. The third-order valence-electron chi connectivity index (χ3n) is 3.22. The van der Waals surface area contributed by atoms with Crippen molar-refractivity contribution in [1.82, 2.24) is 0 Å². The minimum Gasteiger partial charge on any atom is -0.204 e. The van der Waals surface area contributed by atoms with Gasteiger partial charge in [0.2, 0.25) is 0 Å². The number of rotatable bonds is 6. The minimum absolute atomic E-state index is 0.464. The lowest BCUT2D eigenvalue weighted by molar-refractivity contribution is 0.508. The zero-order chi connectivity index (χ0) is 15.8. The molecule has 2 rings (SSSR count). The Bertz CT molecular complexity index is 661. The molecule has 0 fully saturated rings. The van der Waals surface area contributed by atoms with Crippen molar-refractivity contribution in [3.8, 4) is 0 Å². The van der Waals surface area contributed by atoms with Gasteiger partial charge in [0.25, 0.3) is 0 Å². The van der Waals surface area contributed by atoms with Crippen LogP contribution in [0.2, 0.25) is 0 Å². The van der Waals surface area contributed by atoms with Crippen LogP contribution in [0.4, 0.5) is 8.78 Å². The highest BCUT2D eigenvalue weighted by atomic mass is 19.2. The summed E-state index contributed by atoms with van der Waals surface area (Å²) < 4.78 is 25.8. The van der Waals surface area contributed by atoms with E-state index in [1.807, 2.05) is 12.1 Å². The summed E-state index contributed by atoms with van der Waals surface area (Å²) in [5.41, 5.74) is 2.72. The number of halogens is 2. The summed E-state index contributed by atoms with van der Waals surface area (Å²) in [5.74, 6) is -1.76. The molecule has 0 aliphatic carbocycles. The first-order chi connectivity index (χ1) is 10.7. The molecule has 0 unspecified atom stereocenters. The molecule has 4 heteroatoms. The summed E-state index contributed by atoms with van der Waals surface area (Å²) in [6.07, 6.45) is 6.46. The molecule has 0 bridgehead atoms. The second-order valence-corrected chi connectivity index (χ2v) is 5.01. The van der Waals surface area contributed by atoms with E-state index in [2.05, 4.69) is 29.3 Å². The van der Waals surface area contributed by atoms with E-state index in [9.17, 15) is 8.78 Å². The molecule has 0 atom stereocenters. The van der Waals surface area contributed by atoms with Gasteiger partial charge in [0.05, 0.1) is 12.4 Å². The molecule has 0 aromatic heterocycles. The van der Waals surface area contributed by atoms with Gasteiger partial charge < -0.3 is 0 Å². The number of nitrogens with zero attached hydrogens (tertiary/aromatic N) is 2. The van der Waals surface area contributed by atoms with Crippen LogP contribution >= 0.6 is 0 Å². The van der Waals surface area contributed by atoms with E-state index in [1.165, 1.54) is 30.7 Å². The van der Waals surface area contributed by atoms with Crippen molar-refractivity contribution in [2.24, 2.45) is 10.2 Å². The normalized spacial score (nSPS) is 11.6. The van der Waals surface area contributed by atoms with Crippen molar-refractivity contribution >= 4 is 12.4 Å². The molecular weight excluding hydrogens is 282 g/mol. The number of benzene rings is 2. The third-order valence-corrected chi connectivity index (χ3v) is 3.22. The third kappa shape index (κ3) is 4.88. The summed E-state index contributed by atoms with van der Waals surface area (Å²) in [7, 11) is 0. The molecule has 0 aliphatic rings. The zero-order valence-electron chi connectivity index (χ0n) is 12.5. The van der Waals surface area contributed by atoms with Crippen molar-refractivity contribution in [1.29, 1.82) is 0 Å². The molecule has 0 heterocycles. The lowest BCUT2D eigenvalue weighted by atomic mass is 10.1. The largest absolute Gasteiger partial charge is 0.204 e. The topological polar surface area (TPSA) is 24.7 Å². The molecule has 2 aromatic rings. The van der Waals surface area contributed by atoms with Gasteiger partial charge in [-0.05, 0) is 41.7 Å². The molecule has 2 aromatic carbocycles. The van der Waals surface area contributed by atoms with Gasteiger partial charge in [-0.3, -0.25) is 0 Å². The van der Waals surface area contributed by atoms with Crippen molar-refractivity contribution in [2.75, 3.05) is 0 Å². The van der Waals surface area contributed by atoms with Crippen LogP contribution in [-0.4, -0.2) is 12.4 Å². The highest BCUT2D eigenvalue weighted by molar-refractivity contribution is 5.82. The summed E-state index contributed by atoms with van der Waals surface area (Å²) in [6.45, 7) is 2.17. The van der Waals surface area contributed by atoms with Crippen molar-refractivity contribution in [3.63, 3.8) is 0 Å². The van der Waals surface area contributed by atoms with Gasteiger partial charge in [0.1, 0.15) is 0 Å². The Balaban J connectivity index is 1.93. The molecule has 114 valence electrons. The van der Waals surface area contributed by atoms with Crippen LogP contribution in [0.1, 0.15) is 36.5 Å². The van der Waals surface area contributed by atoms with E-state index >= 15 is 0 Å². The lowest BCUT2D eigenvalue weighted by Crippen LogP contribution is -1.88. The number of unbranched alkanes of at least 4 members (excludes halogenated alkanes) is 1. The van der Waals surface area contributed by atoms with Gasteiger partial charge in [-0.2, -0.15) is 10.2 Å². The maximum absolute atomic E-state index is 13.0. The molecule has 2 nitrogen and oxygen atoms in total. The smallest absolute Gasteiger partial charge is 0.159 e. The van der Waals surface area contributed by atoms with Crippen LogP contribution in [0.3, 0.4) is 0 Å². The number of hydrogen-bond donors (Lipinski definition) is 0. The first kappa shape index (κ1) is 16.0. The van der Waals surface area contributed by atoms with E-state index in [4.69, 9.17) is 0 Å². The van der Waals surface area contributed by atoms with Crippen molar-refractivity contribution in [3.05, 3.63) is 70.8 Å². The van der Waals surface area contributed by atoms with E-state index < -0.39 is 11.6 Å².